The molecule has 0 spiro atoms. The predicted molar refractivity (Wildman–Crippen MR) is 87.5 cm³/mol. The predicted octanol–water partition coefficient (Wildman–Crippen LogP) is 2.49. The van der Waals surface area contributed by atoms with Crippen molar-refractivity contribution >= 4 is 24.1 Å². The van der Waals surface area contributed by atoms with Crippen molar-refractivity contribution in [3.63, 3.8) is 0 Å². The molecule has 2 atom stereocenters. The summed E-state index contributed by atoms with van der Waals surface area (Å²) in [5.74, 6) is 0. The molecule has 2 saturated heterocycles. The minimum absolute atomic E-state index is 0.203. The van der Waals surface area contributed by atoms with Crippen LogP contribution in [-0.2, 0) is 16.4 Å². The van der Waals surface area contributed by atoms with Crippen molar-refractivity contribution in [2.75, 3.05) is 0 Å². The molecule has 0 aliphatic carbocycles. The van der Waals surface area contributed by atoms with E-state index in [0.717, 1.165) is 18.4 Å². The molecule has 3 rings (SSSR count). The monoisotopic (exact) mass is 308 g/mol. The van der Waals surface area contributed by atoms with Gasteiger partial charge < -0.3 is 5.11 Å². The molecule has 1 aromatic carbocycles. The molecule has 2 bridgehead atoms. The molecular formula is C16H24O2SSi. The average molecular weight is 309 g/mol. The first-order valence-corrected chi connectivity index (χ1v) is 12.3. The molecule has 0 aromatic heterocycles. The highest BCUT2D eigenvalue weighted by Gasteiger charge is 2.48. The van der Waals surface area contributed by atoms with Crippen LogP contribution < -0.4 is 5.19 Å². The summed E-state index contributed by atoms with van der Waals surface area (Å²) in [5.41, 5.74) is 0.293. The van der Waals surface area contributed by atoms with E-state index in [4.69, 9.17) is 0 Å². The number of benzene rings is 1. The van der Waals surface area contributed by atoms with Crippen LogP contribution in [0.1, 0.15) is 31.2 Å². The van der Waals surface area contributed by atoms with Gasteiger partial charge in [-0.05, 0) is 31.2 Å². The lowest BCUT2D eigenvalue weighted by molar-refractivity contribution is 0.0185. The third kappa shape index (κ3) is 2.42. The van der Waals surface area contributed by atoms with Crippen LogP contribution in [0.25, 0.3) is 0 Å². The quantitative estimate of drug-likeness (QED) is 0.852. The number of hydrogen-bond acceptors (Lipinski definition) is 2. The second-order valence-electron chi connectivity index (χ2n) is 7.42. The van der Waals surface area contributed by atoms with Crippen LogP contribution in [0.5, 0.6) is 0 Å². The van der Waals surface area contributed by atoms with Gasteiger partial charge in [-0.3, -0.25) is 4.21 Å². The van der Waals surface area contributed by atoms with Crippen LogP contribution >= 0.6 is 0 Å². The van der Waals surface area contributed by atoms with E-state index in [1.807, 2.05) is 0 Å². The number of hydrogen-bond donors (Lipinski definition) is 1. The molecule has 110 valence electrons. The third-order valence-corrected chi connectivity index (χ3v) is 9.03. The highest BCUT2D eigenvalue weighted by Crippen LogP contribution is 2.45. The van der Waals surface area contributed by atoms with Crippen LogP contribution in [0.4, 0.5) is 0 Å². The Morgan fingerprint density at radius 3 is 2.35 bits per heavy atom. The summed E-state index contributed by atoms with van der Waals surface area (Å²) in [5, 5.41) is 12.9. The van der Waals surface area contributed by atoms with E-state index in [0.29, 0.717) is 12.8 Å². The van der Waals surface area contributed by atoms with Crippen molar-refractivity contribution < 1.29 is 9.32 Å². The largest absolute Gasteiger partial charge is 0.385 e. The Morgan fingerprint density at radius 1 is 1.20 bits per heavy atom. The zero-order chi connectivity index (χ0) is 14.5. The van der Waals surface area contributed by atoms with Gasteiger partial charge in [0.2, 0.25) is 0 Å². The van der Waals surface area contributed by atoms with Gasteiger partial charge in [-0.2, -0.15) is 0 Å². The third-order valence-electron chi connectivity index (χ3n) is 4.86. The molecule has 20 heavy (non-hydrogen) atoms. The number of aliphatic hydroxyl groups is 1. The van der Waals surface area contributed by atoms with Crippen LogP contribution in [0, 0.1) is 0 Å². The van der Waals surface area contributed by atoms with Crippen molar-refractivity contribution in [3.8, 4) is 0 Å². The maximum Gasteiger partial charge on any atom is 0.0919 e. The van der Waals surface area contributed by atoms with Gasteiger partial charge in [0.1, 0.15) is 0 Å². The summed E-state index contributed by atoms with van der Waals surface area (Å²) in [6.07, 6.45) is 3.39. The molecule has 2 heterocycles. The number of rotatable bonds is 2. The smallest absolute Gasteiger partial charge is 0.0919 e. The lowest BCUT2D eigenvalue weighted by Crippen LogP contribution is -2.42. The molecule has 2 fully saturated rings. The standard InChI is InChI=1S/C16H24O2SSi/c1-20(2,3)15-6-4-5-12(9-15)16(17)10-13-7-8-14(11-16)19(13)18/h4-6,9,13-14,17H,7-8,10-11H2,1-3H3. The molecule has 1 N–H and O–H groups in total. The Hall–Kier alpha value is -0.453. The van der Waals surface area contributed by atoms with E-state index in [2.05, 4.69) is 43.9 Å². The average Bonchev–Trinajstić information content (AvgIpc) is 2.62. The highest BCUT2D eigenvalue weighted by atomic mass is 32.2. The van der Waals surface area contributed by atoms with E-state index in [9.17, 15) is 9.32 Å². The van der Waals surface area contributed by atoms with Crippen LogP contribution in [-0.4, -0.2) is 27.9 Å². The molecule has 2 nitrogen and oxygen atoms in total. The zero-order valence-corrected chi connectivity index (χ0v) is 14.4. The summed E-state index contributed by atoms with van der Waals surface area (Å²) in [6.45, 7) is 6.99. The molecule has 2 unspecified atom stereocenters. The molecular weight excluding hydrogens is 284 g/mol. The Labute approximate surface area is 125 Å². The summed E-state index contributed by atoms with van der Waals surface area (Å²) >= 11 is 0. The second kappa shape index (κ2) is 4.78. The summed E-state index contributed by atoms with van der Waals surface area (Å²) < 4.78 is 12.1. The Morgan fingerprint density at radius 2 is 1.80 bits per heavy atom. The van der Waals surface area contributed by atoms with E-state index >= 15 is 0 Å². The Bertz CT molecular complexity index is 534. The Balaban J connectivity index is 1.95. The summed E-state index contributed by atoms with van der Waals surface area (Å²) in [7, 11) is -2.08. The van der Waals surface area contributed by atoms with Gasteiger partial charge in [0.05, 0.1) is 13.7 Å². The first-order valence-electron chi connectivity index (χ1n) is 7.52. The topological polar surface area (TPSA) is 37.3 Å². The lowest BCUT2D eigenvalue weighted by Gasteiger charge is -2.37. The second-order valence-corrected chi connectivity index (χ2v) is 14.5. The molecule has 4 heteroatoms. The maximum absolute atomic E-state index is 12.1. The van der Waals surface area contributed by atoms with Crippen molar-refractivity contribution in [2.24, 2.45) is 0 Å². The van der Waals surface area contributed by atoms with Gasteiger partial charge in [0, 0.05) is 21.3 Å². The van der Waals surface area contributed by atoms with Gasteiger partial charge in [0.25, 0.3) is 0 Å². The van der Waals surface area contributed by atoms with E-state index in [1.165, 1.54) is 5.19 Å². The van der Waals surface area contributed by atoms with Gasteiger partial charge in [0.15, 0.2) is 0 Å². The van der Waals surface area contributed by atoms with Gasteiger partial charge >= 0.3 is 0 Å². The van der Waals surface area contributed by atoms with Crippen molar-refractivity contribution in [1.82, 2.24) is 0 Å². The van der Waals surface area contributed by atoms with Crippen molar-refractivity contribution in [1.29, 1.82) is 0 Å². The molecule has 0 amide bonds. The van der Waals surface area contributed by atoms with Gasteiger partial charge in [-0.25, -0.2) is 0 Å². The van der Waals surface area contributed by atoms with Gasteiger partial charge in [-0.1, -0.05) is 49.1 Å². The summed E-state index contributed by atoms with van der Waals surface area (Å²) in [6, 6.07) is 8.53. The molecule has 2 aliphatic rings. The SMILES string of the molecule is C[Si](C)(C)c1cccc(C2(O)CC3CCC(C2)S3=O)c1. The molecule has 1 aromatic rings. The fourth-order valence-corrected chi connectivity index (χ4v) is 6.94. The van der Waals surface area contributed by atoms with E-state index in [1.54, 1.807) is 0 Å². The minimum Gasteiger partial charge on any atom is -0.385 e. The highest BCUT2D eigenvalue weighted by molar-refractivity contribution is 7.86. The van der Waals surface area contributed by atoms with E-state index in [-0.39, 0.29) is 10.5 Å². The first-order chi connectivity index (χ1) is 9.29. The molecule has 0 radical (unpaired) electrons. The van der Waals surface area contributed by atoms with Crippen molar-refractivity contribution in [2.45, 2.75) is 61.4 Å². The minimum atomic E-state index is -1.36. The number of fused-ring (bicyclic) bond motifs is 2. The summed E-state index contributed by atoms with van der Waals surface area (Å²) in [4.78, 5) is 0. The lowest BCUT2D eigenvalue weighted by atomic mass is 9.86. The zero-order valence-electron chi connectivity index (χ0n) is 12.6. The maximum atomic E-state index is 12.1. The van der Waals surface area contributed by atoms with Crippen LogP contribution in [0.3, 0.4) is 0 Å². The fraction of sp³-hybridized carbons (Fsp3) is 0.625. The Kier molecular flexibility index (Phi) is 3.46. The van der Waals surface area contributed by atoms with Crippen LogP contribution in [0.2, 0.25) is 19.6 Å². The first kappa shape index (κ1) is 14.5. The van der Waals surface area contributed by atoms with E-state index < -0.39 is 24.5 Å². The van der Waals surface area contributed by atoms with Gasteiger partial charge in [-0.15, -0.1) is 0 Å². The molecule has 2 aliphatic heterocycles. The molecule has 0 saturated carbocycles. The van der Waals surface area contributed by atoms with Crippen molar-refractivity contribution in [3.05, 3.63) is 29.8 Å². The normalized spacial score (nSPS) is 37.1. The fourth-order valence-electron chi connectivity index (χ4n) is 3.59. The van der Waals surface area contributed by atoms with Crippen LogP contribution in [0.15, 0.2) is 24.3 Å².